The van der Waals surface area contributed by atoms with Gasteiger partial charge >= 0.3 is 0 Å². The first-order valence-electron chi connectivity index (χ1n) is 9.42. The van der Waals surface area contributed by atoms with Crippen molar-refractivity contribution in [2.24, 2.45) is 11.8 Å². The lowest BCUT2D eigenvalue weighted by molar-refractivity contribution is -0.140. The van der Waals surface area contributed by atoms with Gasteiger partial charge in [-0.2, -0.15) is 0 Å². The van der Waals surface area contributed by atoms with E-state index >= 15 is 0 Å². The smallest absolute Gasteiger partial charge is 0.231 e. The number of fused-ring (bicyclic) bond motifs is 1. The van der Waals surface area contributed by atoms with Crippen molar-refractivity contribution < 1.29 is 14.4 Å². The second kappa shape index (κ2) is 6.41. The van der Waals surface area contributed by atoms with Gasteiger partial charge in [-0.15, -0.1) is 0 Å². The Hall–Kier alpha value is -2.37. The van der Waals surface area contributed by atoms with Crippen LogP contribution in [0.15, 0.2) is 24.3 Å². The summed E-state index contributed by atoms with van der Waals surface area (Å²) in [5, 5.41) is 0. The normalized spacial score (nSPS) is 27.3. The molecule has 1 aromatic carbocycles. The van der Waals surface area contributed by atoms with Gasteiger partial charge in [0.1, 0.15) is 0 Å². The Labute approximate surface area is 153 Å². The largest absolute Gasteiger partial charge is 0.339 e. The van der Waals surface area contributed by atoms with E-state index in [2.05, 4.69) is 13.0 Å². The quantitative estimate of drug-likeness (QED) is 0.803. The number of piperazine rings is 1. The molecule has 3 atom stereocenters. The zero-order valence-corrected chi connectivity index (χ0v) is 15.4. The molecule has 2 fully saturated rings. The van der Waals surface area contributed by atoms with Gasteiger partial charge in [-0.3, -0.25) is 14.4 Å². The molecule has 3 aliphatic rings. The topological polar surface area (TPSA) is 60.9 Å². The average molecular weight is 355 g/mol. The first-order chi connectivity index (χ1) is 12.5. The number of carbonyl (C=O) groups excluding carboxylic acids is 3. The van der Waals surface area contributed by atoms with Crippen molar-refractivity contribution in [2.75, 3.05) is 31.1 Å². The minimum atomic E-state index is -0.193. The third-order valence-electron chi connectivity index (χ3n) is 5.91. The molecule has 0 spiro atoms. The van der Waals surface area contributed by atoms with Crippen molar-refractivity contribution in [1.29, 1.82) is 0 Å². The van der Waals surface area contributed by atoms with E-state index in [0.717, 1.165) is 12.1 Å². The third kappa shape index (κ3) is 2.87. The van der Waals surface area contributed by atoms with E-state index in [1.54, 1.807) is 11.8 Å². The maximum atomic E-state index is 13.0. The second-order valence-electron chi connectivity index (χ2n) is 7.67. The predicted octanol–water partition coefficient (Wildman–Crippen LogP) is 1.29. The second-order valence-corrected chi connectivity index (χ2v) is 7.67. The van der Waals surface area contributed by atoms with Gasteiger partial charge < -0.3 is 14.7 Å². The molecule has 1 saturated carbocycles. The number of hydrogen-bond donors (Lipinski definition) is 0. The first-order valence-corrected chi connectivity index (χ1v) is 9.42. The van der Waals surface area contributed by atoms with Gasteiger partial charge in [0.25, 0.3) is 0 Å². The van der Waals surface area contributed by atoms with Crippen molar-refractivity contribution in [3.8, 4) is 0 Å². The van der Waals surface area contributed by atoms with Crippen LogP contribution in [0.2, 0.25) is 0 Å². The number of amides is 3. The standard InChI is InChI=1S/C20H25N3O3/c1-13-11-15-5-3-4-6-18(15)23(13)20(26)17-12-16(17)19(25)22-9-7-21(8-10-22)14(2)24/h3-6,13,16-17H,7-12H2,1-2H3. The lowest BCUT2D eigenvalue weighted by Gasteiger charge is -2.34. The Balaban J connectivity index is 1.39. The van der Waals surface area contributed by atoms with Crippen LogP contribution in [0.5, 0.6) is 0 Å². The summed E-state index contributed by atoms with van der Waals surface area (Å²) < 4.78 is 0. The fourth-order valence-corrected chi connectivity index (χ4v) is 4.30. The van der Waals surface area contributed by atoms with Crippen LogP contribution in [0.1, 0.15) is 25.8 Å². The number of carbonyl (C=O) groups is 3. The molecule has 4 rings (SSSR count). The minimum absolute atomic E-state index is 0.0539. The van der Waals surface area contributed by atoms with Crippen molar-refractivity contribution in [1.82, 2.24) is 9.80 Å². The van der Waals surface area contributed by atoms with E-state index in [1.807, 2.05) is 28.0 Å². The van der Waals surface area contributed by atoms with Crippen LogP contribution in [-0.4, -0.2) is 59.7 Å². The minimum Gasteiger partial charge on any atom is -0.339 e. The number of anilines is 1. The Morgan fingerprint density at radius 3 is 2.23 bits per heavy atom. The molecule has 1 aromatic rings. The highest BCUT2D eigenvalue weighted by atomic mass is 16.2. The zero-order valence-electron chi connectivity index (χ0n) is 15.4. The highest BCUT2D eigenvalue weighted by Gasteiger charge is 2.52. The van der Waals surface area contributed by atoms with Gasteiger partial charge in [0, 0.05) is 44.8 Å². The Kier molecular flexibility index (Phi) is 4.21. The van der Waals surface area contributed by atoms with Crippen molar-refractivity contribution in [3.63, 3.8) is 0 Å². The summed E-state index contributed by atoms with van der Waals surface area (Å²) in [5.41, 5.74) is 2.20. The summed E-state index contributed by atoms with van der Waals surface area (Å²) in [4.78, 5) is 42.7. The van der Waals surface area contributed by atoms with Crippen LogP contribution in [-0.2, 0) is 20.8 Å². The van der Waals surface area contributed by atoms with Gasteiger partial charge in [-0.05, 0) is 31.4 Å². The number of hydrogen-bond acceptors (Lipinski definition) is 3. The summed E-state index contributed by atoms with van der Waals surface area (Å²) in [6.45, 7) is 5.93. The molecule has 1 aliphatic carbocycles. The van der Waals surface area contributed by atoms with E-state index in [4.69, 9.17) is 0 Å². The Bertz CT molecular complexity index is 754. The van der Waals surface area contributed by atoms with Gasteiger partial charge in [0.2, 0.25) is 17.7 Å². The molecule has 0 bridgehead atoms. The SMILES string of the molecule is CC(=O)N1CCN(C(=O)C2CC2C(=O)N2c3ccccc3CC2C)CC1. The molecular formula is C20H25N3O3. The molecule has 138 valence electrons. The number of para-hydroxylation sites is 1. The van der Waals surface area contributed by atoms with E-state index < -0.39 is 0 Å². The molecule has 3 unspecified atom stereocenters. The fourth-order valence-electron chi connectivity index (χ4n) is 4.30. The van der Waals surface area contributed by atoms with Crippen molar-refractivity contribution >= 4 is 23.4 Å². The van der Waals surface area contributed by atoms with E-state index in [9.17, 15) is 14.4 Å². The van der Waals surface area contributed by atoms with Crippen LogP contribution in [0, 0.1) is 11.8 Å². The molecule has 2 aliphatic heterocycles. The van der Waals surface area contributed by atoms with Crippen LogP contribution in [0.4, 0.5) is 5.69 Å². The van der Waals surface area contributed by atoms with Gasteiger partial charge in [0.05, 0.1) is 11.8 Å². The summed E-state index contributed by atoms with van der Waals surface area (Å²) >= 11 is 0. The molecule has 2 heterocycles. The Morgan fingerprint density at radius 1 is 0.923 bits per heavy atom. The monoisotopic (exact) mass is 355 g/mol. The fraction of sp³-hybridized carbons (Fsp3) is 0.550. The third-order valence-corrected chi connectivity index (χ3v) is 5.91. The predicted molar refractivity (Wildman–Crippen MR) is 97.5 cm³/mol. The molecule has 6 nitrogen and oxygen atoms in total. The molecule has 0 radical (unpaired) electrons. The lowest BCUT2D eigenvalue weighted by atomic mass is 10.1. The van der Waals surface area contributed by atoms with Gasteiger partial charge in [0.15, 0.2) is 0 Å². The van der Waals surface area contributed by atoms with Crippen molar-refractivity contribution in [2.45, 2.75) is 32.7 Å². The van der Waals surface area contributed by atoms with E-state index in [0.29, 0.717) is 32.6 Å². The zero-order chi connectivity index (χ0) is 18.4. The molecule has 1 saturated heterocycles. The molecule has 0 N–H and O–H groups in total. The highest BCUT2D eigenvalue weighted by molar-refractivity contribution is 6.02. The number of rotatable bonds is 2. The summed E-state index contributed by atoms with van der Waals surface area (Å²) in [5.74, 6) is -0.165. The number of nitrogens with zero attached hydrogens (tertiary/aromatic N) is 3. The van der Waals surface area contributed by atoms with E-state index in [1.165, 1.54) is 5.56 Å². The van der Waals surface area contributed by atoms with Crippen LogP contribution < -0.4 is 4.90 Å². The lowest BCUT2D eigenvalue weighted by Crippen LogP contribution is -2.50. The molecule has 26 heavy (non-hydrogen) atoms. The van der Waals surface area contributed by atoms with Gasteiger partial charge in [-0.25, -0.2) is 0 Å². The summed E-state index contributed by atoms with van der Waals surface area (Å²) in [6, 6.07) is 8.18. The summed E-state index contributed by atoms with van der Waals surface area (Å²) in [7, 11) is 0. The van der Waals surface area contributed by atoms with Gasteiger partial charge in [-0.1, -0.05) is 18.2 Å². The van der Waals surface area contributed by atoms with Crippen molar-refractivity contribution in [3.05, 3.63) is 29.8 Å². The molecular weight excluding hydrogens is 330 g/mol. The Morgan fingerprint density at radius 2 is 1.54 bits per heavy atom. The summed E-state index contributed by atoms with van der Waals surface area (Å²) in [6.07, 6.45) is 1.52. The highest BCUT2D eigenvalue weighted by Crippen LogP contribution is 2.44. The van der Waals surface area contributed by atoms with Crippen LogP contribution >= 0.6 is 0 Å². The molecule has 3 amide bonds. The maximum Gasteiger partial charge on any atom is 0.231 e. The first kappa shape index (κ1) is 17.1. The maximum absolute atomic E-state index is 13.0. The van der Waals surface area contributed by atoms with E-state index in [-0.39, 0.29) is 35.6 Å². The van der Waals surface area contributed by atoms with Crippen LogP contribution in [0.3, 0.4) is 0 Å². The molecule has 0 aromatic heterocycles. The van der Waals surface area contributed by atoms with Crippen LogP contribution in [0.25, 0.3) is 0 Å². The number of benzene rings is 1. The average Bonchev–Trinajstić information content (AvgIpc) is 3.36. The molecule has 6 heteroatoms.